The van der Waals surface area contributed by atoms with Crippen LogP contribution in [0.2, 0.25) is 0 Å². The molecular weight excluding hydrogens is 376 g/mol. The third-order valence-electron chi connectivity index (χ3n) is 4.24. The molecule has 140 valence electrons. The number of anilines is 1. The van der Waals surface area contributed by atoms with E-state index in [0.717, 1.165) is 21.6 Å². The number of carbonyl (C=O) groups is 1. The number of hydrogen-bond donors (Lipinski definition) is 1. The van der Waals surface area contributed by atoms with Gasteiger partial charge in [-0.1, -0.05) is 29.6 Å². The molecule has 0 radical (unpaired) electrons. The summed E-state index contributed by atoms with van der Waals surface area (Å²) in [4.78, 5) is 14.5. The largest absolute Gasteiger partial charge is 0.325 e. The maximum absolute atomic E-state index is 12.2. The molecule has 1 heterocycles. The van der Waals surface area contributed by atoms with Gasteiger partial charge in [-0.3, -0.25) is 4.79 Å². The lowest BCUT2D eigenvalue weighted by Crippen LogP contribution is -2.14. The molecule has 0 spiro atoms. The number of hydrogen-bond acceptors (Lipinski definition) is 5. The Morgan fingerprint density at radius 1 is 1.00 bits per heavy atom. The maximum Gasteiger partial charge on any atom is 0.234 e. The molecule has 0 saturated heterocycles. The van der Waals surface area contributed by atoms with E-state index in [0.29, 0.717) is 5.75 Å². The van der Waals surface area contributed by atoms with E-state index in [1.165, 1.54) is 27.8 Å². The zero-order valence-electron chi connectivity index (χ0n) is 15.8. The lowest BCUT2D eigenvalue weighted by molar-refractivity contribution is -0.113. The smallest absolute Gasteiger partial charge is 0.234 e. The summed E-state index contributed by atoms with van der Waals surface area (Å²) in [6.45, 7) is 6.12. The average molecular weight is 399 g/mol. The normalized spacial score (nSPS) is 10.8. The van der Waals surface area contributed by atoms with Crippen LogP contribution in [0.4, 0.5) is 5.69 Å². The van der Waals surface area contributed by atoms with Gasteiger partial charge in [0.1, 0.15) is 5.82 Å². The second kappa shape index (κ2) is 8.63. The van der Waals surface area contributed by atoms with Crippen molar-refractivity contribution < 1.29 is 4.79 Å². The zero-order valence-corrected chi connectivity index (χ0v) is 17.4. The first-order valence-electron chi connectivity index (χ1n) is 8.56. The monoisotopic (exact) mass is 398 g/mol. The first kappa shape index (κ1) is 19.5. The van der Waals surface area contributed by atoms with Crippen LogP contribution in [-0.2, 0) is 11.8 Å². The highest BCUT2D eigenvalue weighted by molar-refractivity contribution is 7.99. The van der Waals surface area contributed by atoms with E-state index in [2.05, 4.69) is 47.6 Å². The minimum absolute atomic E-state index is 0.0600. The Labute approximate surface area is 168 Å². The molecule has 1 amide bonds. The SMILES string of the molecule is Cc1ccc(Sc2ccc(NC(=O)CSc3nnc(C)n3C)cc2)cc1C. The van der Waals surface area contributed by atoms with Crippen LogP contribution in [0.1, 0.15) is 17.0 Å². The van der Waals surface area contributed by atoms with Crippen molar-refractivity contribution in [1.82, 2.24) is 14.8 Å². The summed E-state index contributed by atoms with van der Waals surface area (Å²) in [7, 11) is 1.89. The minimum Gasteiger partial charge on any atom is -0.325 e. The molecule has 1 N–H and O–H groups in total. The van der Waals surface area contributed by atoms with E-state index in [-0.39, 0.29) is 5.91 Å². The van der Waals surface area contributed by atoms with Crippen LogP contribution < -0.4 is 5.32 Å². The van der Waals surface area contributed by atoms with Crippen LogP contribution >= 0.6 is 23.5 Å². The molecule has 3 aromatic rings. The molecular formula is C20H22N4OS2. The van der Waals surface area contributed by atoms with Crippen molar-refractivity contribution in [2.45, 2.75) is 35.7 Å². The number of benzene rings is 2. The van der Waals surface area contributed by atoms with Gasteiger partial charge in [-0.2, -0.15) is 0 Å². The Morgan fingerprint density at radius 3 is 2.33 bits per heavy atom. The average Bonchev–Trinajstić information content (AvgIpc) is 2.97. The van der Waals surface area contributed by atoms with Crippen LogP contribution in [-0.4, -0.2) is 26.4 Å². The van der Waals surface area contributed by atoms with E-state index in [1.807, 2.05) is 42.8 Å². The molecule has 2 aromatic carbocycles. The predicted octanol–water partition coefficient (Wildman–Crippen LogP) is 4.62. The molecule has 0 aliphatic carbocycles. The quantitative estimate of drug-likeness (QED) is 0.614. The van der Waals surface area contributed by atoms with Crippen molar-refractivity contribution in [3.63, 3.8) is 0 Å². The van der Waals surface area contributed by atoms with Crippen LogP contribution in [0.3, 0.4) is 0 Å². The number of thioether (sulfide) groups is 1. The molecule has 0 fully saturated rings. The van der Waals surface area contributed by atoms with E-state index >= 15 is 0 Å². The van der Waals surface area contributed by atoms with E-state index in [9.17, 15) is 4.79 Å². The van der Waals surface area contributed by atoms with Crippen molar-refractivity contribution in [2.24, 2.45) is 7.05 Å². The molecule has 1 aromatic heterocycles. The number of rotatable bonds is 6. The maximum atomic E-state index is 12.2. The Hall–Kier alpha value is -2.25. The third-order valence-corrected chi connectivity index (χ3v) is 6.25. The Kier molecular flexibility index (Phi) is 6.23. The van der Waals surface area contributed by atoms with Gasteiger partial charge in [0, 0.05) is 22.5 Å². The van der Waals surface area contributed by atoms with Gasteiger partial charge >= 0.3 is 0 Å². The van der Waals surface area contributed by atoms with Crippen molar-refractivity contribution in [1.29, 1.82) is 0 Å². The predicted molar refractivity (Wildman–Crippen MR) is 112 cm³/mol. The fraction of sp³-hybridized carbons (Fsp3) is 0.250. The highest BCUT2D eigenvalue weighted by Gasteiger charge is 2.09. The van der Waals surface area contributed by atoms with Gasteiger partial charge in [0.25, 0.3) is 0 Å². The van der Waals surface area contributed by atoms with Gasteiger partial charge in [-0.05, 0) is 68.3 Å². The number of amides is 1. The van der Waals surface area contributed by atoms with Gasteiger partial charge < -0.3 is 9.88 Å². The lowest BCUT2D eigenvalue weighted by atomic mass is 10.1. The van der Waals surface area contributed by atoms with E-state index in [4.69, 9.17) is 0 Å². The number of aromatic nitrogens is 3. The lowest BCUT2D eigenvalue weighted by Gasteiger charge is -2.08. The van der Waals surface area contributed by atoms with Gasteiger partial charge in [0.15, 0.2) is 5.16 Å². The van der Waals surface area contributed by atoms with Gasteiger partial charge in [-0.15, -0.1) is 10.2 Å². The topological polar surface area (TPSA) is 59.8 Å². The second-order valence-corrected chi connectivity index (χ2v) is 8.39. The van der Waals surface area contributed by atoms with Gasteiger partial charge in [-0.25, -0.2) is 0 Å². The van der Waals surface area contributed by atoms with Crippen LogP contribution in [0.5, 0.6) is 0 Å². The Bertz CT molecular complexity index is 951. The summed E-state index contributed by atoms with van der Waals surface area (Å²) >= 11 is 3.09. The Balaban J connectivity index is 1.54. The van der Waals surface area contributed by atoms with Crippen molar-refractivity contribution >= 4 is 35.1 Å². The minimum atomic E-state index is -0.0600. The fourth-order valence-corrected chi connectivity index (χ4v) is 4.03. The number of carbonyl (C=O) groups excluding carboxylic acids is 1. The standard InChI is InChI=1S/C20H22N4OS2/c1-13-5-8-18(11-14(13)2)27-17-9-6-16(7-10-17)21-19(25)12-26-20-23-22-15(3)24(20)4/h5-11H,12H2,1-4H3,(H,21,25). The zero-order chi connectivity index (χ0) is 19.4. The number of nitrogens with one attached hydrogen (secondary N) is 1. The summed E-state index contributed by atoms with van der Waals surface area (Å²) in [5.74, 6) is 1.07. The highest BCUT2D eigenvalue weighted by atomic mass is 32.2. The summed E-state index contributed by atoms with van der Waals surface area (Å²) in [5, 5.41) is 11.7. The van der Waals surface area contributed by atoms with E-state index < -0.39 is 0 Å². The molecule has 27 heavy (non-hydrogen) atoms. The molecule has 0 aliphatic rings. The van der Waals surface area contributed by atoms with Crippen molar-refractivity contribution in [2.75, 3.05) is 11.1 Å². The van der Waals surface area contributed by atoms with Gasteiger partial charge in [0.05, 0.1) is 5.75 Å². The third kappa shape index (κ3) is 5.14. The fourth-order valence-electron chi connectivity index (χ4n) is 2.36. The molecule has 0 bridgehead atoms. The van der Waals surface area contributed by atoms with Crippen molar-refractivity contribution in [3.8, 4) is 0 Å². The summed E-state index contributed by atoms with van der Waals surface area (Å²) in [5.41, 5.74) is 3.38. The first-order valence-corrected chi connectivity index (χ1v) is 10.4. The number of aryl methyl sites for hydroxylation is 3. The molecule has 0 unspecified atom stereocenters. The highest BCUT2D eigenvalue weighted by Crippen LogP contribution is 2.29. The molecule has 0 atom stereocenters. The Morgan fingerprint density at radius 2 is 1.70 bits per heavy atom. The molecule has 5 nitrogen and oxygen atoms in total. The summed E-state index contributed by atoms with van der Waals surface area (Å²) < 4.78 is 1.87. The van der Waals surface area contributed by atoms with Gasteiger partial charge in [0.2, 0.25) is 5.91 Å². The van der Waals surface area contributed by atoms with Crippen LogP contribution in [0, 0.1) is 20.8 Å². The summed E-state index contributed by atoms with van der Waals surface area (Å²) in [6, 6.07) is 14.4. The van der Waals surface area contributed by atoms with Crippen LogP contribution in [0.15, 0.2) is 57.4 Å². The first-order chi connectivity index (χ1) is 12.9. The molecule has 0 saturated carbocycles. The number of nitrogens with zero attached hydrogens (tertiary/aromatic N) is 3. The van der Waals surface area contributed by atoms with E-state index in [1.54, 1.807) is 11.8 Å². The molecule has 0 aliphatic heterocycles. The second-order valence-electron chi connectivity index (χ2n) is 6.30. The van der Waals surface area contributed by atoms with Crippen LogP contribution in [0.25, 0.3) is 0 Å². The molecule has 3 rings (SSSR count). The molecule has 7 heteroatoms. The summed E-state index contributed by atoms with van der Waals surface area (Å²) in [6.07, 6.45) is 0. The van der Waals surface area contributed by atoms with Crippen molar-refractivity contribution in [3.05, 3.63) is 59.4 Å².